The molecule has 1 saturated heterocycles. The maximum absolute atomic E-state index is 11.9. The van der Waals surface area contributed by atoms with Gasteiger partial charge in [0.15, 0.2) is 0 Å². The Hall–Kier alpha value is -2.90. The number of carbonyl (C=O) groups excluding carboxylic acids is 3. The van der Waals surface area contributed by atoms with Crippen LogP contribution in [0.25, 0.3) is 0 Å². The van der Waals surface area contributed by atoms with E-state index in [0.29, 0.717) is 24.1 Å². The average molecular weight is 333 g/mol. The number of carbonyl (C=O) groups is 4. The van der Waals surface area contributed by atoms with E-state index in [2.05, 4.69) is 16.0 Å². The Kier molecular flexibility index (Phi) is 5.18. The highest BCUT2D eigenvalue weighted by molar-refractivity contribution is 6.07. The number of amides is 4. The normalized spacial score (nSPS) is 19.5. The fourth-order valence-corrected chi connectivity index (χ4v) is 2.44. The van der Waals surface area contributed by atoms with Crippen LogP contribution >= 0.6 is 0 Å². The molecule has 1 fully saturated rings. The van der Waals surface area contributed by atoms with Crippen molar-refractivity contribution in [2.75, 3.05) is 5.32 Å². The molecule has 1 atom stereocenters. The first-order chi connectivity index (χ1) is 11.3. The van der Waals surface area contributed by atoms with Crippen molar-refractivity contribution in [3.63, 3.8) is 0 Å². The molecule has 128 valence electrons. The highest BCUT2D eigenvalue weighted by Crippen LogP contribution is 2.26. The fourth-order valence-electron chi connectivity index (χ4n) is 2.44. The molecule has 0 radical (unpaired) electrons. The van der Waals surface area contributed by atoms with Gasteiger partial charge < -0.3 is 15.7 Å². The van der Waals surface area contributed by atoms with Gasteiger partial charge in [0, 0.05) is 18.5 Å². The largest absolute Gasteiger partial charge is 0.481 e. The highest BCUT2D eigenvalue weighted by atomic mass is 16.4. The molecule has 1 aromatic rings. The van der Waals surface area contributed by atoms with Crippen LogP contribution < -0.4 is 16.0 Å². The molecule has 0 bridgehead atoms. The van der Waals surface area contributed by atoms with E-state index in [1.807, 2.05) is 0 Å². The topological polar surface area (TPSA) is 125 Å². The van der Waals surface area contributed by atoms with Gasteiger partial charge in [-0.1, -0.05) is 12.1 Å². The number of hydrogen-bond donors (Lipinski definition) is 4. The second kappa shape index (κ2) is 7.12. The van der Waals surface area contributed by atoms with Gasteiger partial charge >= 0.3 is 12.0 Å². The number of urea groups is 1. The summed E-state index contributed by atoms with van der Waals surface area (Å²) in [5, 5.41) is 16.0. The standard InChI is InChI=1S/C16H19N3O5/c1-16(14(23)18-15(24)19-16)10-5-4-6-11(9-10)17-12(20)7-2-3-8-13(21)22/h4-6,9H,2-3,7-8H2,1H3,(H,17,20)(H,21,22)(H2,18,19,23,24). The number of carboxylic acid groups (broad SMARTS) is 1. The van der Waals surface area contributed by atoms with E-state index in [1.165, 1.54) is 0 Å². The highest BCUT2D eigenvalue weighted by Gasteiger charge is 2.43. The van der Waals surface area contributed by atoms with Gasteiger partial charge in [-0.05, 0) is 37.5 Å². The van der Waals surface area contributed by atoms with Gasteiger partial charge in [0.1, 0.15) is 5.54 Å². The van der Waals surface area contributed by atoms with Crippen molar-refractivity contribution in [2.45, 2.75) is 38.1 Å². The van der Waals surface area contributed by atoms with Crippen molar-refractivity contribution in [1.29, 1.82) is 0 Å². The summed E-state index contributed by atoms with van der Waals surface area (Å²) < 4.78 is 0. The summed E-state index contributed by atoms with van der Waals surface area (Å²) in [4.78, 5) is 45.6. The first kappa shape index (κ1) is 17.5. The van der Waals surface area contributed by atoms with Crippen LogP contribution in [0.4, 0.5) is 10.5 Å². The Labute approximate surface area is 138 Å². The van der Waals surface area contributed by atoms with Gasteiger partial charge in [-0.2, -0.15) is 0 Å². The van der Waals surface area contributed by atoms with Crippen LogP contribution in [0.1, 0.15) is 38.2 Å². The molecule has 1 aliphatic heterocycles. The third-order valence-corrected chi connectivity index (χ3v) is 3.81. The van der Waals surface area contributed by atoms with E-state index in [4.69, 9.17) is 5.11 Å². The van der Waals surface area contributed by atoms with Crippen molar-refractivity contribution < 1.29 is 24.3 Å². The van der Waals surface area contributed by atoms with Gasteiger partial charge in [-0.25, -0.2) is 4.79 Å². The monoisotopic (exact) mass is 333 g/mol. The summed E-state index contributed by atoms with van der Waals surface area (Å²) in [5.74, 6) is -1.57. The number of nitrogens with one attached hydrogen (secondary N) is 3. The quantitative estimate of drug-likeness (QED) is 0.442. The maximum Gasteiger partial charge on any atom is 0.322 e. The van der Waals surface area contributed by atoms with E-state index in [0.717, 1.165) is 0 Å². The summed E-state index contributed by atoms with van der Waals surface area (Å²) in [5.41, 5.74) is -0.125. The molecule has 8 nitrogen and oxygen atoms in total. The van der Waals surface area contributed by atoms with E-state index < -0.39 is 23.4 Å². The predicted molar refractivity (Wildman–Crippen MR) is 85.2 cm³/mol. The lowest BCUT2D eigenvalue weighted by Gasteiger charge is -2.21. The van der Waals surface area contributed by atoms with E-state index in [9.17, 15) is 19.2 Å². The zero-order chi connectivity index (χ0) is 17.7. The molecule has 4 N–H and O–H groups in total. The molecular weight excluding hydrogens is 314 g/mol. The van der Waals surface area contributed by atoms with Crippen LogP contribution in [0.2, 0.25) is 0 Å². The number of rotatable bonds is 7. The number of aliphatic carboxylic acids is 1. The molecule has 24 heavy (non-hydrogen) atoms. The Morgan fingerprint density at radius 3 is 2.54 bits per heavy atom. The fraction of sp³-hybridized carbons (Fsp3) is 0.375. The first-order valence-electron chi connectivity index (χ1n) is 7.57. The third-order valence-electron chi connectivity index (χ3n) is 3.81. The zero-order valence-corrected chi connectivity index (χ0v) is 13.2. The summed E-state index contributed by atoms with van der Waals surface area (Å²) in [6, 6.07) is 6.11. The van der Waals surface area contributed by atoms with Gasteiger partial charge in [0.2, 0.25) is 5.91 Å². The second-order valence-corrected chi connectivity index (χ2v) is 5.76. The molecule has 2 rings (SSSR count). The van der Waals surface area contributed by atoms with Gasteiger partial charge in [0.05, 0.1) is 0 Å². The molecule has 0 saturated carbocycles. The Morgan fingerprint density at radius 2 is 1.92 bits per heavy atom. The number of benzene rings is 1. The Bertz CT molecular complexity index is 688. The second-order valence-electron chi connectivity index (χ2n) is 5.76. The smallest absolute Gasteiger partial charge is 0.322 e. The van der Waals surface area contributed by atoms with Gasteiger partial charge in [-0.3, -0.25) is 19.7 Å². The molecule has 1 aliphatic rings. The first-order valence-corrected chi connectivity index (χ1v) is 7.57. The minimum absolute atomic E-state index is 0.0376. The average Bonchev–Trinajstić information content (AvgIpc) is 2.77. The molecule has 0 aromatic heterocycles. The zero-order valence-electron chi connectivity index (χ0n) is 13.2. The number of hydrogen-bond acceptors (Lipinski definition) is 4. The third kappa shape index (κ3) is 4.09. The number of imide groups is 1. The molecule has 0 aliphatic carbocycles. The maximum atomic E-state index is 11.9. The molecule has 4 amide bonds. The lowest BCUT2D eigenvalue weighted by molar-refractivity contribution is -0.137. The van der Waals surface area contributed by atoms with Crippen molar-refractivity contribution in [1.82, 2.24) is 10.6 Å². The molecule has 1 heterocycles. The van der Waals surface area contributed by atoms with Crippen LogP contribution in [0.5, 0.6) is 0 Å². The van der Waals surface area contributed by atoms with Gasteiger partial charge in [-0.15, -0.1) is 0 Å². The van der Waals surface area contributed by atoms with E-state index in [-0.39, 0.29) is 18.7 Å². The molecule has 0 spiro atoms. The SMILES string of the molecule is CC1(c2cccc(NC(=O)CCCCC(=O)O)c2)NC(=O)NC1=O. The van der Waals surface area contributed by atoms with E-state index in [1.54, 1.807) is 31.2 Å². The molecule has 1 aromatic carbocycles. The number of unbranched alkanes of at least 4 members (excludes halogenated alkanes) is 1. The molecular formula is C16H19N3O5. The minimum Gasteiger partial charge on any atom is -0.481 e. The molecule has 1 unspecified atom stereocenters. The van der Waals surface area contributed by atoms with Crippen LogP contribution in [0.3, 0.4) is 0 Å². The minimum atomic E-state index is -1.18. The van der Waals surface area contributed by atoms with Gasteiger partial charge in [0.25, 0.3) is 5.91 Å². The van der Waals surface area contributed by atoms with Crippen molar-refractivity contribution in [3.05, 3.63) is 29.8 Å². The predicted octanol–water partition coefficient (Wildman–Crippen LogP) is 1.32. The summed E-state index contributed by atoms with van der Waals surface area (Å²) in [7, 11) is 0. The Balaban J connectivity index is 1.98. The summed E-state index contributed by atoms with van der Waals surface area (Å²) in [6.45, 7) is 1.58. The van der Waals surface area contributed by atoms with Crippen LogP contribution in [-0.4, -0.2) is 28.9 Å². The van der Waals surface area contributed by atoms with Crippen LogP contribution in [-0.2, 0) is 19.9 Å². The van der Waals surface area contributed by atoms with Crippen molar-refractivity contribution in [2.24, 2.45) is 0 Å². The van der Waals surface area contributed by atoms with Crippen LogP contribution in [0, 0.1) is 0 Å². The van der Waals surface area contributed by atoms with E-state index >= 15 is 0 Å². The Morgan fingerprint density at radius 1 is 1.21 bits per heavy atom. The number of anilines is 1. The number of carboxylic acids is 1. The van der Waals surface area contributed by atoms with Crippen molar-refractivity contribution >= 4 is 29.5 Å². The molecule has 8 heteroatoms. The summed E-state index contributed by atoms with van der Waals surface area (Å²) in [6.07, 6.45) is 1.17. The summed E-state index contributed by atoms with van der Waals surface area (Å²) >= 11 is 0. The van der Waals surface area contributed by atoms with Crippen LogP contribution in [0.15, 0.2) is 24.3 Å². The van der Waals surface area contributed by atoms with Crippen molar-refractivity contribution in [3.8, 4) is 0 Å². The lowest BCUT2D eigenvalue weighted by atomic mass is 9.92. The lowest BCUT2D eigenvalue weighted by Crippen LogP contribution is -2.40.